The van der Waals surface area contributed by atoms with Gasteiger partial charge < -0.3 is 10.2 Å². The zero-order chi connectivity index (χ0) is 12.3. The third-order valence-corrected chi connectivity index (χ3v) is 2.93. The summed E-state index contributed by atoms with van der Waals surface area (Å²) in [4.78, 5) is 21.4. The summed E-state index contributed by atoms with van der Waals surface area (Å²) in [5.74, 6) is 0.779. The predicted octanol–water partition coefficient (Wildman–Crippen LogP) is 1.23. The number of carbonyl (C=O) groups is 1. The third-order valence-electron chi connectivity index (χ3n) is 2.75. The molecule has 1 fully saturated rings. The van der Waals surface area contributed by atoms with E-state index < -0.39 is 0 Å². The average molecular weight is 255 g/mol. The Morgan fingerprint density at radius 3 is 3.12 bits per heavy atom. The van der Waals surface area contributed by atoms with Crippen LogP contribution in [0.15, 0.2) is 12.4 Å². The van der Waals surface area contributed by atoms with E-state index in [0.717, 1.165) is 31.7 Å². The van der Waals surface area contributed by atoms with Crippen molar-refractivity contribution in [1.82, 2.24) is 15.3 Å². The lowest BCUT2D eigenvalue weighted by molar-refractivity contribution is -0.119. The van der Waals surface area contributed by atoms with Gasteiger partial charge in [-0.25, -0.2) is 4.98 Å². The second-order valence-electron chi connectivity index (χ2n) is 4.19. The van der Waals surface area contributed by atoms with Gasteiger partial charge in [-0.3, -0.25) is 9.78 Å². The van der Waals surface area contributed by atoms with Gasteiger partial charge in [0.05, 0.1) is 12.4 Å². The quantitative estimate of drug-likeness (QED) is 0.863. The van der Waals surface area contributed by atoms with Crippen LogP contribution in [0.3, 0.4) is 0 Å². The second kappa shape index (κ2) is 5.31. The average Bonchev–Trinajstić information content (AvgIpc) is 2.28. The van der Waals surface area contributed by atoms with Crippen molar-refractivity contribution in [2.45, 2.75) is 25.8 Å². The van der Waals surface area contributed by atoms with Gasteiger partial charge in [0.15, 0.2) is 0 Å². The van der Waals surface area contributed by atoms with Crippen molar-refractivity contribution in [3.05, 3.63) is 17.5 Å². The van der Waals surface area contributed by atoms with Crippen LogP contribution in [0, 0.1) is 0 Å². The van der Waals surface area contributed by atoms with Crippen molar-refractivity contribution < 1.29 is 4.79 Å². The molecule has 0 bridgehead atoms. The molecule has 5 nitrogen and oxygen atoms in total. The van der Waals surface area contributed by atoms with Crippen molar-refractivity contribution >= 4 is 23.3 Å². The van der Waals surface area contributed by atoms with E-state index in [-0.39, 0.29) is 11.9 Å². The number of hydrogen-bond donors (Lipinski definition) is 1. The van der Waals surface area contributed by atoms with E-state index in [9.17, 15) is 4.79 Å². The monoisotopic (exact) mass is 254 g/mol. The molecular formula is C11H15ClN4O. The smallest absolute Gasteiger partial charge is 0.217 e. The fourth-order valence-corrected chi connectivity index (χ4v) is 2.22. The Kier molecular flexibility index (Phi) is 3.78. The Labute approximate surface area is 105 Å². The molecule has 6 heteroatoms. The van der Waals surface area contributed by atoms with Gasteiger partial charge in [0.2, 0.25) is 5.91 Å². The highest BCUT2D eigenvalue weighted by Gasteiger charge is 2.21. The number of halogens is 1. The summed E-state index contributed by atoms with van der Waals surface area (Å²) in [6, 6.07) is 0.182. The topological polar surface area (TPSA) is 58.1 Å². The summed E-state index contributed by atoms with van der Waals surface area (Å²) in [6.45, 7) is 3.22. The van der Waals surface area contributed by atoms with Crippen molar-refractivity contribution in [2.24, 2.45) is 0 Å². The van der Waals surface area contributed by atoms with E-state index in [1.165, 1.54) is 13.1 Å². The Bertz CT molecular complexity index is 412. The van der Waals surface area contributed by atoms with E-state index in [2.05, 4.69) is 20.2 Å². The predicted molar refractivity (Wildman–Crippen MR) is 66.1 cm³/mol. The fourth-order valence-electron chi connectivity index (χ4n) is 2.08. The van der Waals surface area contributed by atoms with Gasteiger partial charge in [-0.2, -0.15) is 0 Å². The second-order valence-corrected chi connectivity index (χ2v) is 4.57. The SMILES string of the molecule is CC(=O)N[C@@H]1CCCN(c2cncc(Cl)n2)C1. The summed E-state index contributed by atoms with van der Waals surface area (Å²) in [6.07, 6.45) is 5.24. The van der Waals surface area contributed by atoms with E-state index in [1.807, 2.05) is 0 Å². The Balaban J connectivity index is 2.04. The van der Waals surface area contributed by atoms with Gasteiger partial charge in [0.1, 0.15) is 11.0 Å². The molecule has 92 valence electrons. The first-order valence-corrected chi connectivity index (χ1v) is 6.02. The number of hydrogen-bond acceptors (Lipinski definition) is 4. The number of rotatable bonds is 2. The van der Waals surface area contributed by atoms with Crippen LogP contribution >= 0.6 is 11.6 Å². The minimum Gasteiger partial charge on any atom is -0.353 e. The molecule has 1 aliphatic rings. The van der Waals surface area contributed by atoms with Crippen molar-refractivity contribution in [3.63, 3.8) is 0 Å². The van der Waals surface area contributed by atoms with Crippen LogP contribution in [-0.4, -0.2) is 35.0 Å². The first-order valence-electron chi connectivity index (χ1n) is 5.65. The molecule has 0 radical (unpaired) electrons. The molecule has 0 aromatic carbocycles. The van der Waals surface area contributed by atoms with Gasteiger partial charge in [0, 0.05) is 26.1 Å². The van der Waals surface area contributed by atoms with Crippen molar-refractivity contribution in [2.75, 3.05) is 18.0 Å². The number of anilines is 1. The maximum Gasteiger partial charge on any atom is 0.217 e. The van der Waals surface area contributed by atoms with E-state index in [1.54, 1.807) is 6.20 Å². The number of piperidine rings is 1. The molecule has 2 heterocycles. The zero-order valence-corrected chi connectivity index (χ0v) is 10.4. The first kappa shape index (κ1) is 12.1. The summed E-state index contributed by atoms with van der Waals surface area (Å²) in [7, 11) is 0. The molecule has 1 N–H and O–H groups in total. The zero-order valence-electron chi connectivity index (χ0n) is 9.69. The number of carbonyl (C=O) groups excluding carboxylic acids is 1. The van der Waals surface area contributed by atoms with E-state index in [0.29, 0.717) is 5.15 Å². The molecule has 0 unspecified atom stereocenters. The molecule has 2 rings (SSSR count). The van der Waals surface area contributed by atoms with Crippen LogP contribution in [0.2, 0.25) is 5.15 Å². The van der Waals surface area contributed by atoms with Gasteiger partial charge in [-0.05, 0) is 12.8 Å². The third kappa shape index (κ3) is 3.30. The van der Waals surface area contributed by atoms with Gasteiger partial charge in [-0.15, -0.1) is 0 Å². The summed E-state index contributed by atoms with van der Waals surface area (Å²) < 4.78 is 0. The number of nitrogens with zero attached hydrogens (tertiary/aromatic N) is 3. The lowest BCUT2D eigenvalue weighted by Crippen LogP contribution is -2.47. The Hall–Kier alpha value is -1.36. The van der Waals surface area contributed by atoms with Crippen molar-refractivity contribution in [3.8, 4) is 0 Å². The van der Waals surface area contributed by atoms with E-state index in [4.69, 9.17) is 11.6 Å². The highest BCUT2D eigenvalue weighted by atomic mass is 35.5. The van der Waals surface area contributed by atoms with Gasteiger partial charge in [-0.1, -0.05) is 11.6 Å². The maximum absolute atomic E-state index is 11.0. The molecule has 0 aliphatic carbocycles. The summed E-state index contributed by atoms with van der Waals surface area (Å²) in [5, 5.41) is 3.33. The molecule has 1 aromatic heterocycles. The molecule has 1 aliphatic heterocycles. The van der Waals surface area contributed by atoms with E-state index >= 15 is 0 Å². The molecular weight excluding hydrogens is 240 g/mol. The minimum atomic E-state index is 0.00836. The lowest BCUT2D eigenvalue weighted by atomic mass is 10.1. The lowest BCUT2D eigenvalue weighted by Gasteiger charge is -2.33. The maximum atomic E-state index is 11.0. The Morgan fingerprint density at radius 2 is 2.41 bits per heavy atom. The normalized spacial score (nSPS) is 20.1. The molecule has 0 saturated carbocycles. The summed E-state index contributed by atoms with van der Waals surface area (Å²) >= 11 is 5.81. The van der Waals surface area contributed by atoms with Crippen LogP contribution in [0.5, 0.6) is 0 Å². The van der Waals surface area contributed by atoms with Crippen LogP contribution in [0.4, 0.5) is 5.82 Å². The molecule has 1 aromatic rings. The summed E-state index contributed by atoms with van der Waals surface area (Å²) in [5.41, 5.74) is 0. The first-order chi connectivity index (χ1) is 8.15. The number of amides is 1. The number of aromatic nitrogens is 2. The molecule has 1 amide bonds. The highest BCUT2D eigenvalue weighted by Crippen LogP contribution is 2.18. The van der Waals surface area contributed by atoms with Gasteiger partial charge >= 0.3 is 0 Å². The molecule has 17 heavy (non-hydrogen) atoms. The van der Waals surface area contributed by atoms with Crippen LogP contribution in [0.25, 0.3) is 0 Å². The highest BCUT2D eigenvalue weighted by molar-refractivity contribution is 6.29. The largest absolute Gasteiger partial charge is 0.353 e. The Morgan fingerprint density at radius 1 is 1.59 bits per heavy atom. The molecule has 1 saturated heterocycles. The van der Waals surface area contributed by atoms with Gasteiger partial charge in [0.25, 0.3) is 0 Å². The molecule has 1 atom stereocenters. The minimum absolute atomic E-state index is 0.00836. The van der Waals surface area contributed by atoms with Crippen molar-refractivity contribution in [1.29, 1.82) is 0 Å². The fraction of sp³-hybridized carbons (Fsp3) is 0.545. The van der Waals surface area contributed by atoms with Crippen LogP contribution in [-0.2, 0) is 4.79 Å². The van der Waals surface area contributed by atoms with Crippen LogP contribution in [0.1, 0.15) is 19.8 Å². The van der Waals surface area contributed by atoms with Crippen LogP contribution < -0.4 is 10.2 Å². The standard InChI is InChI=1S/C11H15ClN4O/c1-8(17)14-9-3-2-4-16(7-9)11-6-13-5-10(12)15-11/h5-6,9H,2-4,7H2,1H3,(H,14,17)/t9-/m1/s1. The number of nitrogens with one attached hydrogen (secondary N) is 1. The molecule has 0 spiro atoms.